The van der Waals surface area contributed by atoms with Gasteiger partial charge in [0.1, 0.15) is 5.52 Å². The third-order valence-electron chi connectivity index (χ3n) is 3.24. The molecule has 0 saturated carbocycles. The quantitative estimate of drug-likeness (QED) is 0.887. The normalized spacial score (nSPS) is 12.6. The average Bonchev–Trinajstić information content (AvgIpc) is 2.72. The molecule has 1 unspecified atom stereocenters. The standard InChI is InChI=1S/C13H18N4O2/c1-4-17(9(2)7-11(18)19)13-12-10(5-6-14-13)16(3)8-15-12/h5-6,8-9H,4,7H2,1-3H3,(H,18,19). The zero-order valence-corrected chi connectivity index (χ0v) is 11.4. The molecule has 2 aromatic heterocycles. The van der Waals surface area contributed by atoms with Crippen LogP contribution in [0.5, 0.6) is 0 Å². The minimum absolute atomic E-state index is 0.0821. The molecule has 0 saturated heterocycles. The average molecular weight is 262 g/mol. The molecule has 0 bridgehead atoms. The Kier molecular flexibility index (Phi) is 3.69. The van der Waals surface area contributed by atoms with E-state index in [1.807, 2.05) is 36.4 Å². The Labute approximate surface area is 111 Å². The maximum absolute atomic E-state index is 10.9. The van der Waals surface area contributed by atoms with Crippen molar-refractivity contribution in [3.63, 3.8) is 0 Å². The molecule has 0 aliphatic heterocycles. The summed E-state index contributed by atoms with van der Waals surface area (Å²) in [6.07, 6.45) is 3.56. The second-order valence-corrected chi connectivity index (χ2v) is 4.59. The van der Waals surface area contributed by atoms with Gasteiger partial charge in [-0.25, -0.2) is 9.97 Å². The Morgan fingerprint density at radius 2 is 2.26 bits per heavy atom. The van der Waals surface area contributed by atoms with Crippen molar-refractivity contribution in [1.29, 1.82) is 0 Å². The van der Waals surface area contributed by atoms with E-state index in [4.69, 9.17) is 5.11 Å². The molecule has 2 heterocycles. The minimum Gasteiger partial charge on any atom is -0.481 e. The van der Waals surface area contributed by atoms with Crippen LogP contribution in [0.1, 0.15) is 20.3 Å². The third kappa shape index (κ3) is 2.52. The summed E-state index contributed by atoms with van der Waals surface area (Å²) in [7, 11) is 1.93. The fourth-order valence-electron chi connectivity index (χ4n) is 2.29. The van der Waals surface area contributed by atoms with Gasteiger partial charge in [0, 0.05) is 25.8 Å². The van der Waals surface area contributed by atoms with Crippen molar-refractivity contribution in [1.82, 2.24) is 14.5 Å². The van der Waals surface area contributed by atoms with E-state index in [1.165, 1.54) is 0 Å². The number of pyridine rings is 1. The molecule has 0 aliphatic carbocycles. The number of imidazole rings is 1. The first-order valence-corrected chi connectivity index (χ1v) is 6.29. The number of aliphatic carboxylic acids is 1. The van der Waals surface area contributed by atoms with Crippen molar-refractivity contribution in [3.8, 4) is 0 Å². The van der Waals surface area contributed by atoms with Gasteiger partial charge in [-0.05, 0) is 19.9 Å². The molecule has 0 aliphatic rings. The first-order valence-electron chi connectivity index (χ1n) is 6.29. The second kappa shape index (κ2) is 5.26. The first-order chi connectivity index (χ1) is 9.04. The van der Waals surface area contributed by atoms with Crippen LogP contribution in [-0.2, 0) is 11.8 Å². The van der Waals surface area contributed by atoms with Crippen LogP contribution in [0.15, 0.2) is 18.6 Å². The van der Waals surface area contributed by atoms with Crippen LogP contribution >= 0.6 is 0 Å². The van der Waals surface area contributed by atoms with E-state index in [0.717, 1.165) is 16.9 Å². The van der Waals surface area contributed by atoms with Gasteiger partial charge < -0.3 is 14.6 Å². The number of anilines is 1. The van der Waals surface area contributed by atoms with Crippen molar-refractivity contribution < 1.29 is 9.90 Å². The zero-order chi connectivity index (χ0) is 14.0. The molecule has 6 heteroatoms. The van der Waals surface area contributed by atoms with E-state index in [-0.39, 0.29) is 12.5 Å². The number of rotatable bonds is 5. The summed E-state index contributed by atoms with van der Waals surface area (Å²) in [4.78, 5) is 21.6. The van der Waals surface area contributed by atoms with E-state index in [2.05, 4.69) is 9.97 Å². The predicted molar refractivity (Wildman–Crippen MR) is 73.2 cm³/mol. The Balaban J connectivity index is 2.43. The highest BCUT2D eigenvalue weighted by Crippen LogP contribution is 2.24. The van der Waals surface area contributed by atoms with Crippen LogP contribution in [0.25, 0.3) is 11.0 Å². The van der Waals surface area contributed by atoms with Gasteiger partial charge in [0.2, 0.25) is 0 Å². The number of carboxylic acid groups (broad SMARTS) is 1. The summed E-state index contributed by atoms with van der Waals surface area (Å²) >= 11 is 0. The summed E-state index contributed by atoms with van der Waals surface area (Å²) in [6, 6.07) is 1.78. The van der Waals surface area contributed by atoms with Crippen LogP contribution in [0.3, 0.4) is 0 Å². The molecule has 1 atom stereocenters. The molecule has 1 N–H and O–H groups in total. The van der Waals surface area contributed by atoms with Gasteiger partial charge in [0.25, 0.3) is 0 Å². The van der Waals surface area contributed by atoms with Crippen LogP contribution in [0.2, 0.25) is 0 Å². The number of hydrogen-bond acceptors (Lipinski definition) is 4. The highest BCUT2D eigenvalue weighted by atomic mass is 16.4. The predicted octanol–water partition coefficient (Wildman–Crippen LogP) is 1.66. The second-order valence-electron chi connectivity index (χ2n) is 4.59. The lowest BCUT2D eigenvalue weighted by Gasteiger charge is -2.28. The van der Waals surface area contributed by atoms with E-state index < -0.39 is 5.97 Å². The van der Waals surface area contributed by atoms with Gasteiger partial charge in [0.05, 0.1) is 18.3 Å². The topological polar surface area (TPSA) is 71.2 Å². The minimum atomic E-state index is -0.806. The molecule has 0 radical (unpaired) electrons. The maximum atomic E-state index is 10.9. The van der Waals surface area contributed by atoms with Crippen molar-refractivity contribution in [2.24, 2.45) is 7.05 Å². The van der Waals surface area contributed by atoms with E-state index in [1.54, 1.807) is 12.5 Å². The molecule has 0 fully saturated rings. The summed E-state index contributed by atoms with van der Waals surface area (Å²) < 4.78 is 1.93. The SMILES string of the molecule is CCN(c1nccc2c1ncn2C)C(C)CC(=O)O. The number of fused-ring (bicyclic) bond motifs is 1. The van der Waals surface area contributed by atoms with Crippen LogP contribution in [0, 0.1) is 0 Å². The Morgan fingerprint density at radius 1 is 1.53 bits per heavy atom. The van der Waals surface area contributed by atoms with E-state index >= 15 is 0 Å². The monoisotopic (exact) mass is 262 g/mol. The molecule has 0 amide bonds. The van der Waals surface area contributed by atoms with Gasteiger partial charge >= 0.3 is 5.97 Å². The number of aryl methyl sites for hydroxylation is 1. The first kappa shape index (κ1) is 13.3. The Hall–Kier alpha value is -2.11. The Bertz CT molecular complexity index is 593. The lowest BCUT2D eigenvalue weighted by Crippen LogP contribution is -2.35. The molecule has 19 heavy (non-hydrogen) atoms. The third-order valence-corrected chi connectivity index (χ3v) is 3.24. The van der Waals surface area contributed by atoms with Gasteiger partial charge in [-0.2, -0.15) is 0 Å². The van der Waals surface area contributed by atoms with Crippen LogP contribution in [-0.4, -0.2) is 38.2 Å². The van der Waals surface area contributed by atoms with Crippen LogP contribution < -0.4 is 4.90 Å². The van der Waals surface area contributed by atoms with E-state index in [9.17, 15) is 4.79 Å². The zero-order valence-electron chi connectivity index (χ0n) is 11.4. The number of hydrogen-bond donors (Lipinski definition) is 1. The van der Waals surface area contributed by atoms with Crippen molar-refractivity contribution in [2.45, 2.75) is 26.3 Å². The lowest BCUT2D eigenvalue weighted by atomic mass is 10.2. The van der Waals surface area contributed by atoms with Crippen LogP contribution in [0.4, 0.5) is 5.82 Å². The molecule has 102 valence electrons. The number of aromatic nitrogens is 3. The fraction of sp³-hybridized carbons (Fsp3) is 0.462. The van der Waals surface area contributed by atoms with Gasteiger partial charge in [-0.1, -0.05) is 0 Å². The maximum Gasteiger partial charge on any atom is 0.305 e. The highest BCUT2D eigenvalue weighted by Gasteiger charge is 2.20. The lowest BCUT2D eigenvalue weighted by molar-refractivity contribution is -0.137. The molecular weight excluding hydrogens is 244 g/mol. The van der Waals surface area contributed by atoms with Crippen molar-refractivity contribution in [2.75, 3.05) is 11.4 Å². The molecule has 2 aromatic rings. The summed E-state index contributed by atoms with van der Waals surface area (Å²) in [5.74, 6) is -0.0616. The molecule has 0 spiro atoms. The number of carboxylic acids is 1. The molecular formula is C13H18N4O2. The summed E-state index contributed by atoms with van der Waals surface area (Å²) in [6.45, 7) is 4.57. The smallest absolute Gasteiger partial charge is 0.305 e. The number of nitrogens with zero attached hydrogens (tertiary/aromatic N) is 4. The van der Waals surface area contributed by atoms with Gasteiger partial charge in [-0.3, -0.25) is 4.79 Å². The molecule has 6 nitrogen and oxygen atoms in total. The van der Waals surface area contributed by atoms with Crippen molar-refractivity contribution in [3.05, 3.63) is 18.6 Å². The Morgan fingerprint density at radius 3 is 2.89 bits per heavy atom. The number of carbonyl (C=O) groups is 1. The summed E-state index contributed by atoms with van der Waals surface area (Å²) in [5.41, 5.74) is 1.80. The molecule has 0 aromatic carbocycles. The van der Waals surface area contributed by atoms with Crippen molar-refractivity contribution >= 4 is 22.8 Å². The van der Waals surface area contributed by atoms with E-state index in [0.29, 0.717) is 6.54 Å². The highest BCUT2D eigenvalue weighted by molar-refractivity contribution is 5.86. The largest absolute Gasteiger partial charge is 0.481 e. The van der Waals surface area contributed by atoms with Gasteiger partial charge in [0.15, 0.2) is 5.82 Å². The summed E-state index contributed by atoms with van der Waals surface area (Å²) in [5, 5.41) is 8.93. The molecule has 2 rings (SSSR count). The van der Waals surface area contributed by atoms with Gasteiger partial charge in [-0.15, -0.1) is 0 Å². The fourth-order valence-corrected chi connectivity index (χ4v) is 2.29.